The molecule has 1 amide bonds. The highest BCUT2D eigenvalue weighted by atomic mass is 16.5. The van der Waals surface area contributed by atoms with E-state index in [1.165, 1.54) is 6.92 Å². The highest BCUT2D eigenvalue weighted by molar-refractivity contribution is 5.91. The van der Waals surface area contributed by atoms with E-state index in [0.717, 1.165) is 28.1 Å². The third-order valence-electron chi connectivity index (χ3n) is 4.35. The lowest BCUT2D eigenvalue weighted by Gasteiger charge is -2.19. The second-order valence-electron chi connectivity index (χ2n) is 7.59. The third-order valence-corrected chi connectivity index (χ3v) is 4.35. The molecule has 11 nitrogen and oxygen atoms in total. The number of carbonyl (C=O) groups excluding carboxylic acids is 1. The zero-order chi connectivity index (χ0) is 25.2. The molecule has 7 N–H and O–H groups in total. The first-order chi connectivity index (χ1) is 14.7. The molecule has 0 aromatic heterocycles. The molecule has 1 aromatic carbocycles. The Morgan fingerprint density at radius 3 is 1.88 bits per heavy atom. The van der Waals surface area contributed by atoms with E-state index in [2.05, 4.69) is 10.6 Å². The molecule has 0 radical (unpaired) electrons. The van der Waals surface area contributed by atoms with Crippen LogP contribution in [0.4, 0.5) is 5.69 Å². The van der Waals surface area contributed by atoms with Crippen molar-refractivity contribution in [1.29, 1.82) is 0 Å². The first kappa shape index (κ1) is 29.3. The molecule has 0 aliphatic heterocycles. The van der Waals surface area contributed by atoms with Crippen LogP contribution in [0.1, 0.15) is 37.5 Å². The molecule has 1 aromatic rings. The summed E-state index contributed by atoms with van der Waals surface area (Å²) in [6, 6.07) is 2.23. The molecule has 3 unspecified atom stereocenters. The molecule has 11 heteroatoms. The van der Waals surface area contributed by atoms with Gasteiger partial charge in [-0.15, -0.1) is 0 Å². The Hall–Kier alpha value is -2.73. The summed E-state index contributed by atoms with van der Waals surface area (Å²) >= 11 is 0. The Balaban J connectivity index is 0.000000809. The number of rotatable bonds is 10. The van der Waals surface area contributed by atoms with Crippen molar-refractivity contribution in [3.63, 3.8) is 0 Å². The number of anilines is 1. The van der Waals surface area contributed by atoms with Gasteiger partial charge in [-0.3, -0.25) is 4.79 Å². The summed E-state index contributed by atoms with van der Waals surface area (Å²) in [6.07, 6.45) is -5.09. The number of carboxylic acid groups (broad SMARTS) is 2. The summed E-state index contributed by atoms with van der Waals surface area (Å²) < 4.78 is 5.75. The smallest absolute Gasteiger partial charge is 0.335 e. The van der Waals surface area contributed by atoms with Gasteiger partial charge in [-0.05, 0) is 43.5 Å². The van der Waals surface area contributed by atoms with E-state index in [1.54, 1.807) is 0 Å². The van der Waals surface area contributed by atoms with Gasteiger partial charge in [-0.25, -0.2) is 9.59 Å². The number of aryl methyl sites for hydroxylation is 1. The number of aliphatic hydroxyl groups is 3. The third kappa shape index (κ3) is 10.1. The summed E-state index contributed by atoms with van der Waals surface area (Å²) in [7, 11) is 0. The number of carbonyl (C=O) groups is 3. The summed E-state index contributed by atoms with van der Waals surface area (Å²) in [6.45, 7) is 12.1. The molecule has 0 spiro atoms. The molecule has 0 saturated carbocycles. The lowest BCUT2D eigenvalue weighted by Crippen LogP contribution is -2.39. The van der Waals surface area contributed by atoms with Crippen LogP contribution in [0.3, 0.4) is 0 Å². The molecule has 1 rings (SSSR count). The SMILES string of the molecule is CC(=O)Nc1c(C)cc(OCC(O)CNC(C)C)c(C)c1C.O=C(O)C(O)C(O)C(=O)O. The lowest BCUT2D eigenvalue weighted by atomic mass is 10.0. The number of benzene rings is 1. The van der Waals surface area contributed by atoms with Gasteiger partial charge in [0, 0.05) is 25.2 Å². The van der Waals surface area contributed by atoms with Crippen LogP contribution in [-0.2, 0) is 14.4 Å². The summed E-state index contributed by atoms with van der Waals surface area (Å²) in [4.78, 5) is 30.8. The minimum Gasteiger partial charge on any atom is -0.491 e. The molecule has 182 valence electrons. The van der Waals surface area contributed by atoms with Gasteiger partial charge in [0.25, 0.3) is 0 Å². The number of carboxylic acids is 2. The second kappa shape index (κ2) is 13.6. The van der Waals surface area contributed by atoms with Crippen LogP contribution in [-0.4, -0.2) is 80.9 Å². The van der Waals surface area contributed by atoms with Crippen molar-refractivity contribution in [2.75, 3.05) is 18.5 Å². The maximum Gasteiger partial charge on any atom is 0.335 e. The van der Waals surface area contributed by atoms with Crippen molar-refractivity contribution >= 4 is 23.5 Å². The minimum atomic E-state index is -2.27. The van der Waals surface area contributed by atoms with Crippen LogP contribution in [0.5, 0.6) is 5.75 Å². The molecule has 0 aliphatic rings. The lowest BCUT2D eigenvalue weighted by molar-refractivity contribution is -0.165. The van der Waals surface area contributed by atoms with Crippen LogP contribution in [0.15, 0.2) is 6.07 Å². The van der Waals surface area contributed by atoms with Crippen molar-refractivity contribution in [2.45, 2.75) is 65.9 Å². The van der Waals surface area contributed by atoms with E-state index >= 15 is 0 Å². The van der Waals surface area contributed by atoms with E-state index in [-0.39, 0.29) is 12.5 Å². The fourth-order valence-corrected chi connectivity index (χ4v) is 2.45. The maximum absolute atomic E-state index is 11.3. The van der Waals surface area contributed by atoms with E-state index in [9.17, 15) is 19.5 Å². The van der Waals surface area contributed by atoms with Crippen molar-refractivity contribution in [2.24, 2.45) is 0 Å². The van der Waals surface area contributed by atoms with Crippen LogP contribution < -0.4 is 15.4 Å². The van der Waals surface area contributed by atoms with Gasteiger partial charge in [-0.1, -0.05) is 13.8 Å². The van der Waals surface area contributed by atoms with Crippen molar-refractivity contribution in [3.8, 4) is 5.75 Å². The first-order valence-corrected chi connectivity index (χ1v) is 9.93. The van der Waals surface area contributed by atoms with Crippen molar-refractivity contribution < 1.29 is 44.7 Å². The topological polar surface area (TPSA) is 186 Å². The number of nitrogens with one attached hydrogen (secondary N) is 2. The van der Waals surface area contributed by atoms with Gasteiger partial charge in [0.1, 0.15) is 18.5 Å². The Bertz CT molecular complexity index is 778. The average Bonchev–Trinajstić information content (AvgIpc) is 2.70. The quantitative estimate of drug-likeness (QED) is 0.255. The van der Waals surface area contributed by atoms with E-state index in [0.29, 0.717) is 12.6 Å². The number of amides is 1. The molecule has 3 atom stereocenters. The van der Waals surface area contributed by atoms with Gasteiger partial charge >= 0.3 is 11.9 Å². The number of hydrogen-bond donors (Lipinski definition) is 7. The monoisotopic (exact) mass is 458 g/mol. The summed E-state index contributed by atoms with van der Waals surface area (Å²) in [5, 5.41) is 48.5. The van der Waals surface area contributed by atoms with E-state index in [1.807, 2.05) is 40.7 Å². The fraction of sp³-hybridized carbons (Fsp3) is 0.571. The number of ether oxygens (including phenoxy) is 1. The molecular formula is C21H34N2O9. The number of aliphatic hydroxyl groups excluding tert-OH is 3. The predicted molar refractivity (Wildman–Crippen MR) is 117 cm³/mol. The first-order valence-electron chi connectivity index (χ1n) is 9.93. The zero-order valence-corrected chi connectivity index (χ0v) is 19.2. The zero-order valence-electron chi connectivity index (χ0n) is 19.2. The van der Waals surface area contributed by atoms with Crippen LogP contribution >= 0.6 is 0 Å². The number of aliphatic carboxylic acids is 2. The minimum absolute atomic E-state index is 0.0885. The maximum atomic E-state index is 11.3. The van der Waals surface area contributed by atoms with Crippen LogP contribution in [0.25, 0.3) is 0 Å². The van der Waals surface area contributed by atoms with Gasteiger partial charge in [-0.2, -0.15) is 0 Å². The van der Waals surface area contributed by atoms with Gasteiger partial charge in [0.2, 0.25) is 5.91 Å². The van der Waals surface area contributed by atoms with Gasteiger partial charge in [0.15, 0.2) is 12.2 Å². The van der Waals surface area contributed by atoms with Crippen LogP contribution in [0.2, 0.25) is 0 Å². The number of hydrogen-bond acceptors (Lipinski definition) is 8. The molecule has 0 heterocycles. The Morgan fingerprint density at radius 2 is 1.47 bits per heavy atom. The Morgan fingerprint density at radius 1 is 0.969 bits per heavy atom. The van der Waals surface area contributed by atoms with E-state index in [4.69, 9.17) is 25.2 Å². The highest BCUT2D eigenvalue weighted by Gasteiger charge is 2.29. The van der Waals surface area contributed by atoms with Crippen molar-refractivity contribution in [1.82, 2.24) is 5.32 Å². The normalized spacial score (nSPS) is 13.4. The fourth-order valence-electron chi connectivity index (χ4n) is 2.45. The highest BCUT2D eigenvalue weighted by Crippen LogP contribution is 2.31. The molecule has 0 fully saturated rings. The Kier molecular flexibility index (Phi) is 12.5. The average molecular weight is 459 g/mol. The standard InChI is InChI=1S/C17H28N2O3.C4H6O6/c1-10(2)18-8-15(21)9-22-16-7-11(3)17(19-14(6)20)13(5)12(16)4;5-1(3(7)8)2(6)4(9)10/h7,10,15,18,21H,8-9H2,1-6H3,(H,19,20);1-2,5-6H,(H,7,8)(H,9,10). The second-order valence-corrected chi connectivity index (χ2v) is 7.59. The van der Waals surface area contributed by atoms with Gasteiger partial charge < -0.3 is 40.9 Å². The summed E-state index contributed by atoms with van der Waals surface area (Å²) in [5.74, 6) is -2.88. The van der Waals surface area contributed by atoms with Gasteiger partial charge in [0.05, 0.1) is 0 Å². The van der Waals surface area contributed by atoms with E-state index < -0.39 is 30.3 Å². The largest absolute Gasteiger partial charge is 0.491 e. The molecular weight excluding hydrogens is 424 g/mol. The van der Waals surface area contributed by atoms with Crippen molar-refractivity contribution in [3.05, 3.63) is 22.8 Å². The molecule has 0 saturated heterocycles. The molecule has 0 aliphatic carbocycles. The Labute approximate surface area is 187 Å². The molecule has 32 heavy (non-hydrogen) atoms. The predicted octanol–water partition coefficient (Wildman–Crippen LogP) is 0.185. The molecule has 0 bridgehead atoms. The van der Waals surface area contributed by atoms with Crippen LogP contribution in [0, 0.1) is 20.8 Å². The summed E-state index contributed by atoms with van der Waals surface area (Å²) in [5.41, 5.74) is 3.74.